The lowest BCUT2D eigenvalue weighted by Gasteiger charge is -2.20. The van der Waals surface area contributed by atoms with Crippen LogP contribution in [0.15, 0.2) is 18.2 Å². The summed E-state index contributed by atoms with van der Waals surface area (Å²) in [6.07, 6.45) is -4.24. The summed E-state index contributed by atoms with van der Waals surface area (Å²) in [5.74, 6) is 0.765. The third kappa shape index (κ3) is 5.41. The number of hydrogen-bond donors (Lipinski definition) is 1. The molecule has 20 heavy (non-hydrogen) atoms. The van der Waals surface area contributed by atoms with Crippen molar-refractivity contribution in [1.82, 2.24) is 5.32 Å². The fourth-order valence-electron chi connectivity index (χ4n) is 2.19. The maximum Gasteiger partial charge on any atom is 0.389 e. The number of hydrogen-bond acceptors (Lipinski definition) is 2. The molecule has 114 valence electrons. The van der Waals surface area contributed by atoms with E-state index < -0.39 is 12.6 Å². The number of alkyl halides is 3. The van der Waals surface area contributed by atoms with Crippen LogP contribution in [0.3, 0.4) is 0 Å². The van der Waals surface area contributed by atoms with Gasteiger partial charge in [0, 0.05) is 12.5 Å². The number of rotatable bonds is 7. The largest absolute Gasteiger partial charge is 0.496 e. The van der Waals surface area contributed by atoms with Crippen LogP contribution in [0.2, 0.25) is 0 Å². The first kappa shape index (κ1) is 16.8. The molecule has 0 fully saturated rings. The molecule has 0 amide bonds. The van der Waals surface area contributed by atoms with Gasteiger partial charge in [0.2, 0.25) is 0 Å². The SMILES string of the molecule is CCNC(CCCC(F)(F)F)c1ccc(C)c(OC)c1. The summed E-state index contributed by atoms with van der Waals surface area (Å²) in [6, 6.07) is 5.70. The summed E-state index contributed by atoms with van der Waals surface area (Å²) in [5.41, 5.74) is 1.98. The van der Waals surface area contributed by atoms with Gasteiger partial charge in [0.15, 0.2) is 0 Å². The van der Waals surface area contributed by atoms with Crippen molar-refractivity contribution in [1.29, 1.82) is 0 Å². The molecule has 1 aromatic carbocycles. The van der Waals surface area contributed by atoms with Crippen molar-refractivity contribution in [2.75, 3.05) is 13.7 Å². The smallest absolute Gasteiger partial charge is 0.389 e. The first-order valence-corrected chi connectivity index (χ1v) is 6.82. The van der Waals surface area contributed by atoms with E-state index in [9.17, 15) is 13.2 Å². The third-order valence-electron chi connectivity index (χ3n) is 3.24. The van der Waals surface area contributed by atoms with Crippen LogP contribution in [0.25, 0.3) is 0 Å². The molecule has 0 aromatic heterocycles. The monoisotopic (exact) mass is 289 g/mol. The lowest BCUT2D eigenvalue weighted by atomic mass is 9.99. The molecular formula is C15H22F3NO. The van der Waals surface area contributed by atoms with Gasteiger partial charge in [-0.1, -0.05) is 19.1 Å². The number of methoxy groups -OCH3 is 1. The minimum absolute atomic E-state index is 0.0724. The molecule has 1 atom stereocenters. The summed E-state index contributed by atoms with van der Waals surface area (Å²) in [6.45, 7) is 4.60. The van der Waals surface area contributed by atoms with Gasteiger partial charge < -0.3 is 10.1 Å². The van der Waals surface area contributed by atoms with Crippen LogP contribution in [0.4, 0.5) is 13.2 Å². The second-order valence-corrected chi connectivity index (χ2v) is 4.85. The number of halogens is 3. The predicted octanol–water partition coefficient (Wildman–Crippen LogP) is 4.39. The van der Waals surface area contributed by atoms with E-state index in [-0.39, 0.29) is 12.5 Å². The lowest BCUT2D eigenvalue weighted by molar-refractivity contribution is -0.135. The Morgan fingerprint density at radius 1 is 1.30 bits per heavy atom. The van der Waals surface area contributed by atoms with E-state index in [4.69, 9.17) is 4.74 Å². The van der Waals surface area contributed by atoms with E-state index in [2.05, 4.69) is 5.32 Å². The highest BCUT2D eigenvalue weighted by Gasteiger charge is 2.26. The normalized spacial score (nSPS) is 13.3. The molecule has 0 saturated heterocycles. The Morgan fingerprint density at radius 3 is 2.55 bits per heavy atom. The zero-order valence-electron chi connectivity index (χ0n) is 12.2. The summed E-state index contributed by atoms with van der Waals surface area (Å²) < 4.78 is 41.9. The molecular weight excluding hydrogens is 267 g/mol. The van der Waals surface area contributed by atoms with Crippen LogP contribution in [0, 0.1) is 6.92 Å². The average molecular weight is 289 g/mol. The van der Waals surface area contributed by atoms with Gasteiger partial charge in [-0.3, -0.25) is 0 Å². The lowest BCUT2D eigenvalue weighted by Crippen LogP contribution is -2.21. The number of aryl methyl sites for hydroxylation is 1. The Labute approximate surface area is 118 Å². The topological polar surface area (TPSA) is 21.3 Å². The predicted molar refractivity (Wildman–Crippen MR) is 74.1 cm³/mol. The Hall–Kier alpha value is -1.23. The van der Waals surface area contributed by atoms with E-state index in [1.165, 1.54) is 0 Å². The van der Waals surface area contributed by atoms with Crippen molar-refractivity contribution in [3.05, 3.63) is 29.3 Å². The van der Waals surface area contributed by atoms with Gasteiger partial charge in [0.25, 0.3) is 0 Å². The number of ether oxygens (including phenoxy) is 1. The Morgan fingerprint density at radius 2 is 2.00 bits per heavy atom. The van der Waals surface area contributed by atoms with Gasteiger partial charge in [-0.2, -0.15) is 13.2 Å². The zero-order chi connectivity index (χ0) is 15.2. The van der Waals surface area contributed by atoms with Gasteiger partial charge in [0.1, 0.15) is 5.75 Å². The molecule has 0 saturated carbocycles. The van der Waals surface area contributed by atoms with Gasteiger partial charge in [-0.05, 0) is 43.5 Å². The van der Waals surface area contributed by atoms with Crippen molar-refractivity contribution in [3.8, 4) is 5.75 Å². The number of nitrogens with one attached hydrogen (secondary N) is 1. The molecule has 0 aliphatic rings. The maximum absolute atomic E-state index is 12.2. The molecule has 1 aromatic rings. The molecule has 1 N–H and O–H groups in total. The first-order chi connectivity index (χ1) is 9.37. The summed E-state index contributed by atoms with van der Waals surface area (Å²) >= 11 is 0. The van der Waals surface area contributed by atoms with Crippen molar-refractivity contribution >= 4 is 0 Å². The van der Waals surface area contributed by atoms with Crippen molar-refractivity contribution in [2.24, 2.45) is 0 Å². The highest BCUT2D eigenvalue weighted by molar-refractivity contribution is 5.37. The molecule has 2 nitrogen and oxygen atoms in total. The molecule has 0 spiro atoms. The zero-order valence-corrected chi connectivity index (χ0v) is 12.2. The van der Waals surface area contributed by atoms with Crippen LogP contribution in [-0.4, -0.2) is 19.8 Å². The Balaban J connectivity index is 2.74. The Kier molecular flexibility index (Phi) is 6.33. The van der Waals surface area contributed by atoms with Crippen molar-refractivity contribution in [2.45, 2.75) is 45.3 Å². The van der Waals surface area contributed by atoms with Crippen molar-refractivity contribution < 1.29 is 17.9 Å². The van der Waals surface area contributed by atoms with Crippen LogP contribution >= 0.6 is 0 Å². The van der Waals surface area contributed by atoms with Crippen LogP contribution in [0.1, 0.15) is 43.4 Å². The van der Waals surface area contributed by atoms with Crippen LogP contribution in [-0.2, 0) is 0 Å². The standard InChI is InChI=1S/C15H22F3NO/c1-4-19-13(6-5-9-15(16,17)18)12-8-7-11(2)14(10-12)20-3/h7-8,10,13,19H,4-6,9H2,1-3H3. The second kappa shape index (κ2) is 7.53. The Bertz CT molecular complexity index is 418. The summed E-state index contributed by atoms with van der Waals surface area (Å²) in [5, 5.41) is 3.23. The first-order valence-electron chi connectivity index (χ1n) is 6.82. The molecule has 0 radical (unpaired) electrons. The average Bonchev–Trinajstić information content (AvgIpc) is 2.37. The molecule has 0 aliphatic carbocycles. The summed E-state index contributed by atoms with van der Waals surface area (Å²) in [7, 11) is 1.60. The highest BCUT2D eigenvalue weighted by atomic mass is 19.4. The molecule has 1 unspecified atom stereocenters. The van der Waals surface area contributed by atoms with Crippen LogP contribution < -0.4 is 10.1 Å². The second-order valence-electron chi connectivity index (χ2n) is 4.85. The maximum atomic E-state index is 12.2. The van der Waals surface area contributed by atoms with Gasteiger partial charge in [-0.25, -0.2) is 0 Å². The quantitative estimate of drug-likeness (QED) is 0.804. The minimum atomic E-state index is -4.08. The van der Waals surface area contributed by atoms with E-state index in [1.54, 1.807) is 7.11 Å². The minimum Gasteiger partial charge on any atom is -0.496 e. The van der Waals surface area contributed by atoms with Gasteiger partial charge in [-0.15, -0.1) is 0 Å². The number of benzene rings is 1. The van der Waals surface area contributed by atoms with Crippen LogP contribution in [0.5, 0.6) is 5.75 Å². The van der Waals surface area contributed by atoms with Crippen molar-refractivity contribution in [3.63, 3.8) is 0 Å². The van der Waals surface area contributed by atoms with E-state index >= 15 is 0 Å². The molecule has 5 heteroatoms. The fourth-order valence-corrected chi connectivity index (χ4v) is 2.19. The molecule has 0 heterocycles. The summed E-state index contributed by atoms with van der Waals surface area (Å²) in [4.78, 5) is 0. The molecule has 0 bridgehead atoms. The van der Waals surface area contributed by atoms with E-state index in [0.717, 1.165) is 16.9 Å². The molecule has 1 rings (SSSR count). The highest BCUT2D eigenvalue weighted by Crippen LogP contribution is 2.29. The van der Waals surface area contributed by atoms with Gasteiger partial charge >= 0.3 is 6.18 Å². The fraction of sp³-hybridized carbons (Fsp3) is 0.600. The van der Waals surface area contributed by atoms with E-state index in [0.29, 0.717) is 13.0 Å². The van der Waals surface area contributed by atoms with E-state index in [1.807, 2.05) is 32.0 Å². The third-order valence-corrected chi connectivity index (χ3v) is 3.24. The molecule has 0 aliphatic heterocycles. The van der Waals surface area contributed by atoms with Gasteiger partial charge in [0.05, 0.1) is 7.11 Å².